The van der Waals surface area contributed by atoms with E-state index >= 15 is 0 Å². The predicted octanol–water partition coefficient (Wildman–Crippen LogP) is 3.02. The van der Waals surface area contributed by atoms with Gasteiger partial charge < -0.3 is 5.73 Å². The number of hydrogen-bond acceptors (Lipinski definition) is 4. The van der Waals surface area contributed by atoms with Crippen LogP contribution < -0.4 is 10.5 Å². The van der Waals surface area contributed by atoms with Crippen LogP contribution in [0.5, 0.6) is 0 Å². The van der Waals surface area contributed by atoms with Crippen molar-refractivity contribution in [3.8, 4) is 0 Å². The number of nitrogen functional groups attached to an aromatic ring is 1. The van der Waals surface area contributed by atoms with Gasteiger partial charge in [0.15, 0.2) is 0 Å². The largest absolute Gasteiger partial charge is 0.396 e. The van der Waals surface area contributed by atoms with Crippen LogP contribution >= 0.6 is 27.5 Å². The zero-order chi connectivity index (χ0) is 14.9. The van der Waals surface area contributed by atoms with Gasteiger partial charge >= 0.3 is 0 Å². The molecule has 0 radical (unpaired) electrons. The third-order valence-corrected chi connectivity index (χ3v) is 5.01. The van der Waals surface area contributed by atoms with Gasteiger partial charge in [-0.3, -0.25) is 9.71 Å². The molecule has 0 bridgehead atoms. The number of nitrogens with zero attached hydrogens (tertiary/aromatic N) is 1. The third-order valence-electron chi connectivity index (χ3n) is 2.35. The number of sulfonamides is 1. The van der Waals surface area contributed by atoms with Gasteiger partial charge in [0, 0.05) is 10.7 Å². The molecule has 0 spiro atoms. The molecule has 0 saturated heterocycles. The summed E-state index contributed by atoms with van der Waals surface area (Å²) in [4.78, 5) is 3.57. The molecule has 106 valence electrons. The lowest BCUT2D eigenvalue weighted by atomic mass is 10.3. The molecule has 1 aromatic carbocycles. The molecule has 2 rings (SSSR count). The van der Waals surface area contributed by atoms with Crippen LogP contribution in [0.15, 0.2) is 40.0 Å². The number of nitrogens with one attached hydrogen (secondary N) is 1. The minimum atomic E-state index is -3.97. The first-order valence-electron chi connectivity index (χ1n) is 5.18. The van der Waals surface area contributed by atoms with Crippen LogP contribution in [-0.2, 0) is 10.0 Å². The van der Waals surface area contributed by atoms with Gasteiger partial charge in [-0.15, -0.1) is 0 Å². The molecule has 9 heteroatoms. The highest BCUT2D eigenvalue weighted by atomic mass is 79.9. The maximum Gasteiger partial charge on any atom is 0.263 e. The van der Waals surface area contributed by atoms with Crippen molar-refractivity contribution >= 4 is 48.9 Å². The van der Waals surface area contributed by atoms with Crippen molar-refractivity contribution in [2.24, 2.45) is 0 Å². The van der Waals surface area contributed by atoms with Gasteiger partial charge in [-0.1, -0.05) is 11.6 Å². The molecule has 0 aliphatic rings. The summed E-state index contributed by atoms with van der Waals surface area (Å²) in [7, 11) is -3.97. The van der Waals surface area contributed by atoms with Crippen LogP contribution in [-0.4, -0.2) is 13.4 Å². The first kappa shape index (κ1) is 15.0. The molecule has 0 atom stereocenters. The number of hydrogen-bond donors (Lipinski definition) is 2. The predicted molar refractivity (Wildman–Crippen MR) is 78.6 cm³/mol. The average Bonchev–Trinajstić information content (AvgIpc) is 2.36. The number of anilines is 2. The standard InChI is InChI=1S/C11H8BrClFN3O2S/c12-6-3-8(14)9(15)4-11(6)20(18,19)17-10-5-16-2-1-7(10)13/h1-5,17H,15H2. The molecule has 3 N–H and O–H groups in total. The summed E-state index contributed by atoms with van der Waals surface area (Å²) < 4.78 is 40.0. The fraction of sp³-hybridized carbons (Fsp3) is 0. The van der Waals surface area contributed by atoms with Crippen molar-refractivity contribution in [3.05, 3.63) is 45.9 Å². The van der Waals surface area contributed by atoms with E-state index < -0.39 is 15.8 Å². The minimum absolute atomic E-state index is 0.0525. The number of nitrogens with two attached hydrogens (primary N) is 1. The first-order chi connectivity index (χ1) is 9.31. The Labute approximate surface area is 128 Å². The quantitative estimate of drug-likeness (QED) is 0.802. The summed E-state index contributed by atoms with van der Waals surface area (Å²) in [5, 5.41) is 0.190. The van der Waals surface area contributed by atoms with E-state index in [4.69, 9.17) is 17.3 Å². The molecule has 2 aromatic rings. The zero-order valence-corrected chi connectivity index (χ0v) is 12.9. The highest BCUT2D eigenvalue weighted by Gasteiger charge is 2.21. The van der Waals surface area contributed by atoms with Gasteiger partial charge in [0.25, 0.3) is 10.0 Å². The van der Waals surface area contributed by atoms with E-state index in [1.165, 1.54) is 18.5 Å². The topological polar surface area (TPSA) is 85.1 Å². The van der Waals surface area contributed by atoms with Crippen LogP contribution in [0, 0.1) is 5.82 Å². The van der Waals surface area contributed by atoms with Crippen LogP contribution in [0.25, 0.3) is 0 Å². The van der Waals surface area contributed by atoms with E-state index in [2.05, 4.69) is 25.6 Å². The molecule has 0 amide bonds. The van der Waals surface area contributed by atoms with Crippen LogP contribution in [0.4, 0.5) is 15.8 Å². The summed E-state index contributed by atoms with van der Waals surface area (Å²) in [5.74, 6) is -0.713. The molecule has 20 heavy (non-hydrogen) atoms. The van der Waals surface area contributed by atoms with E-state index in [9.17, 15) is 12.8 Å². The van der Waals surface area contributed by atoms with E-state index in [-0.39, 0.29) is 25.8 Å². The van der Waals surface area contributed by atoms with Gasteiger partial charge in [0.05, 0.1) is 22.6 Å². The van der Waals surface area contributed by atoms with Crippen molar-refractivity contribution in [1.82, 2.24) is 4.98 Å². The third kappa shape index (κ3) is 3.02. The summed E-state index contributed by atoms with van der Waals surface area (Å²) in [6.45, 7) is 0. The second-order valence-corrected chi connectivity index (χ2v) is 6.68. The molecule has 0 fully saturated rings. The van der Waals surface area contributed by atoms with Gasteiger partial charge in [0.1, 0.15) is 10.7 Å². The van der Waals surface area contributed by atoms with Gasteiger partial charge in [0.2, 0.25) is 0 Å². The Morgan fingerprint density at radius 2 is 2.10 bits per heavy atom. The molecule has 5 nitrogen and oxygen atoms in total. The SMILES string of the molecule is Nc1cc(S(=O)(=O)Nc2cnccc2Cl)c(Br)cc1F. The van der Waals surface area contributed by atoms with E-state index in [0.717, 1.165) is 12.1 Å². The van der Waals surface area contributed by atoms with E-state index in [1.54, 1.807) is 0 Å². The Morgan fingerprint density at radius 3 is 2.75 bits per heavy atom. The molecule has 0 aliphatic heterocycles. The maximum atomic E-state index is 13.2. The molecular formula is C11H8BrClFN3O2S. The molecule has 1 aromatic heterocycles. The Bertz CT molecular complexity index is 770. The molecular weight excluding hydrogens is 373 g/mol. The number of rotatable bonds is 3. The number of halogens is 3. The maximum absolute atomic E-state index is 13.2. The lowest BCUT2D eigenvalue weighted by Gasteiger charge is -2.11. The molecule has 1 heterocycles. The second-order valence-electron chi connectivity index (χ2n) is 3.77. The highest BCUT2D eigenvalue weighted by Crippen LogP contribution is 2.29. The summed E-state index contributed by atoms with van der Waals surface area (Å²) in [5.41, 5.74) is 5.23. The minimum Gasteiger partial charge on any atom is -0.396 e. The average molecular weight is 381 g/mol. The highest BCUT2D eigenvalue weighted by molar-refractivity contribution is 9.10. The Hall–Kier alpha value is -1.38. The van der Waals surface area contributed by atoms with Gasteiger partial charge in [-0.25, -0.2) is 12.8 Å². The second kappa shape index (κ2) is 5.55. The summed E-state index contributed by atoms with van der Waals surface area (Å²) >= 11 is 8.84. The summed E-state index contributed by atoms with van der Waals surface area (Å²) in [6.07, 6.45) is 2.69. The fourth-order valence-corrected chi connectivity index (χ4v) is 3.73. The van der Waals surface area contributed by atoms with Crippen LogP contribution in [0.2, 0.25) is 5.02 Å². The van der Waals surface area contributed by atoms with Crippen molar-refractivity contribution in [3.63, 3.8) is 0 Å². The fourth-order valence-electron chi connectivity index (χ4n) is 1.40. The Balaban J connectivity index is 2.47. The zero-order valence-electron chi connectivity index (χ0n) is 9.77. The monoisotopic (exact) mass is 379 g/mol. The van der Waals surface area contributed by atoms with Gasteiger partial charge in [-0.2, -0.15) is 0 Å². The van der Waals surface area contributed by atoms with Crippen LogP contribution in [0.1, 0.15) is 0 Å². The van der Waals surface area contributed by atoms with Crippen molar-refractivity contribution in [2.45, 2.75) is 4.90 Å². The van der Waals surface area contributed by atoms with Crippen molar-refractivity contribution in [2.75, 3.05) is 10.5 Å². The van der Waals surface area contributed by atoms with E-state index in [1.807, 2.05) is 0 Å². The van der Waals surface area contributed by atoms with E-state index in [0.29, 0.717) is 0 Å². The number of aromatic nitrogens is 1. The van der Waals surface area contributed by atoms with Crippen molar-refractivity contribution < 1.29 is 12.8 Å². The molecule has 0 unspecified atom stereocenters. The normalized spacial score (nSPS) is 11.3. The Kier molecular flexibility index (Phi) is 4.17. The first-order valence-corrected chi connectivity index (χ1v) is 7.83. The lowest BCUT2D eigenvalue weighted by Crippen LogP contribution is -2.14. The Morgan fingerprint density at radius 1 is 1.40 bits per heavy atom. The lowest BCUT2D eigenvalue weighted by molar-refractivity contribution is 0.599. The number of benzene rings is 1. The summed E-state index contributed by atoms with van der Waals surface area (Å²) in [6, 6.07) is 3.44. The van der Waals surface area contributed by atoms with Gasteiger partial charge in [-0.05, 0) is 34.1 Å². The number of pyridine rings is 1. The molecule has 0 saturated carbocycles. The van der Waals surface area contributed by atoms with Crippen molar-refractivity contribution in [1.29, 1.82) is 0 Å². The smallest absolute Gasteiger partial charge is 0.263 e. The van der Waals surface area contributed by atoms with Crippen LogP contribution in [0.3, 0.4) is 0 Å². The molecule has 0 aliphatic carbocycles.